The molecule has 3 saturated heterocycles. The van der Waals surface area contributed by atoms with Crippen molar-refractivity contribution in [2.45, 2.75) is 63.6 Å². The highest BCUT2D eigenvalue weighted by Gasteiger charge is 2.52. The number of hydrogen-bond acceptors (Lipinski definition) is 7. The number of likely N-dealkylation sites (tertiary alicyclic amines) is 2. The third kappa shape index (κ3) is 7.60. The normalized spacial score (nSPS) is 23.7. The molecular formula is C38H48F3N5O3. The Kier molecular flexibility index (Phi) is 10.8. The van der Waals surface area contributed by atoms with Crippen molar-refractivity contribution in [3.63, 3.8) is 0 Å². The van der Waals surface area contributed by atoms with Crippen LogP contribution >= 0.6 is 0 Å². The predicted molar refractivity (Wildman–Crippen MR) is 180 cm³/mol. The van der Waals surface area contributed by atoms with Gasteiger partial charge in [0.25, 0.3) is 0 Å². The number of carbonyl (C=O) groups excluding carboxylic acids is 2. The predicted octanol–water partition coefficient (Wildman–Crippen LogP) is 5.19. The van der Waals surface area contributed by atoms with Crippen LogP contribution in [0.1, 0.15) is 62.1 Å². The molecule has 264 valence electrons. The Bertz CT molecular complexity index is 1550. The summed E-state index contributed by atoms with van der Waals surface area (Å²) in [6, 6.07) is 12.0. The lowest BCUT2D eigenvalue weighted by atomic mass is 9.57. The van der Waals surface area contributed by atoms with Crippen LogP contribution in [-0.4, -0.2) is 87.3 Å². The number of piperidine rings is 1. The van der Waals surface area contributed by atoms with Crippen molar-refractivity contribution >= 4 is 17.6 Å². The first-order valence-electron chi connectivity index (χ1n) is 17.7. The quantitative estimate of drug-likeness (QED) is 0.309. The van der Waals surface area contributed by atoms with E-state index in [9.17, 15) is 23.6 Å². The van der Waals surface area contributed by atoms with Crippen LogP contribution in [0.4, 0.5) is 18.9 Å². The number of anilines is 1. The molecule has 1 saturated carbocycles. The van der Waals surface area contributed by atoms with E-state index in [0.717, 1.165) is 62.9 Å². The van der Waals surface area contributed by atoms with Gasteiger partial charge >= 0.3 is 5.97 Å². The fourth-order valence-electron chi connectivity index (χ4n) is 9.27. The van der Waals surface area contributed by atoms with E-state index < -0.39 is 17.4 Å². The lowest BCUT2D eigenvalue weighted by Gasteiger charge is -2.51. The van der Waals surface area contributed by atoms with E-state index in [2.05, 4.69) is 16.3 Å². The lowest BCUT2D eigenvalue weighted by Crippen LogP contribution is -2.56. The molecule has 1 amide bonds. The summed E-state index contributed by atoms with van der Waals surface area (Å²) >= 11 is 0. The van der Waals surface area contributed by atoms with Gasteiger partial charge in [-0.1, -0.05) is 18.6 Å². The summed E-state index contributed by atoms with van der Waals surface area (Å²) in [4.78, 5) is 31.3. The van der Waals surface area contributed by atoms with E-state index in [0.29, 0.717) is 62.9 Å². The second-order valence-corrected chi connectivity index (χ2v) is 14.7. The van der Waals surface area contributed by atoms with E-state index in [4.69, 9.17) is 4.74 Å². The number of rotatable bonds is 12. The number of benzene rings is 2. The lowest BCUT2D eigenvalue weighted by molar-refractivity contribution is -0.142. The molecule has 1 aliphatic carbocycles. The molecule has 49 heavy (non-hydrogen) atoms. The number of carbonyl (C=O) groups is 2. The van der Waals surface area contributed by atoms with Crippen LogP contribution < -0.4 is 10.2 Å². The second kappa shape index (κ2) is 15.1. The maximum absolute atomic E-state index is 15.1. The number of ether oxygens (including phenoxy) is 1. The molecule has 1 N–H and O–H groups in total. The van der Waals surface area contributed by atoms with Crippen LogP contribution in [0.3, 0.4) is 0 Å². The topological polar surface area (TPSA) is 88.9 Å². The SMILES string of the molecule is COC(=O)C[C@H]1CCC[C@@H]1[C@](CNC(C)=O)(c1cccc(F)c1)C1CCN(CC2CN(c3cc(CN4CC(F)C4)c(C#N)cc3F)C2)CC1. The smallest absolute Gasteiger partial charge is 0.305 e. The van der Waals surface area contributed by atoms with Gasteiger partial charge in [-0.3, -0.25) is 14.5 Å². The Morgan fingerprint density at radius 2 is 1.80 bits per heavy atom. The number of nitriles is 1. The molecule has 8 nitrogen and oxygen atoms in total. The van der Waals surface area contributed by atoms with Crippen molar-refractivity contribution < 1.29 is 27.5 Å². The van der Waals surface area contributed by atoms with E-state index in [-0.39, 0.29) is 35.4 Å². The number of amides is 1. The van der Waals surface area contributed by atoms with Gasteiger partial charge in [0.1, 0.15) is 17.8 Å². The summed E-state index contributed by atoms with van der Waals surface area (Å²) in [7, 11) is 1.41. The van der Waals surface area contributed by atoms with Crippen molar-refractivity contribution in [1.29, 1.82) is 5.26 Å². The zero-order valence-corrected chi connectivity index (χ0v) is 28.6. The number of hydrogen-bond donors (Lipinski definition) is 1. The number of nitrogens with zero attached hydrogens (tertiary/aromatic N) is 4. The second-order valence-electron chi connectivity index (χ2n) is 14.7. The summed E-state index contributed by atoms with van der Waals surface area (Å²) in [5, 5.41) is 12.7. The third-order valence-corrected chi connectivity index (χ3v) is 11.7. The molecule has 2 aromatic rings. The monoisotopic (exact) mass is 679 g/mol. The number of halogens is 3. The van der Waals surface area contributed by atoms with Gasteiger partial charge in [-0.2, -0.15) is 5.26 Å². The Balaban J connectivity index is 1.14. The van der Waals surface area contributed by atoms with E-state index in [1.807, 2.05) is 15.9 Å². The molecule has 0 bridgehead atoms. The minimum Gasteiger partial charge on any atom is -0.469 e. The average molecular weight is 680 g/mol. The molecular weight excluding hydrogens is 631 g/mol. The summed E-state index contributed by atoms with van der Waals surface area (Å²) in [5.74, 6) is -0.377. The third-order valence-electron chi connectivity index (χ3n) is 11.7. The molecule has 3 atom stereocenters. The van der Waals surface area contributed by atoms with Crippen LogP contribution in [0.2, 0.25) is 0 Å². The maximum atomic E-state index is 15.1. The minimum absolute atomic E-state index is 0.0816. The van der Waals surface area contributed by atoms with Gasteiger partial charge in [-0.15, -0.1) is 0 Å². The van der Waals surface area contributed by atoms with Crippen LogP contribution in [0, 0.1) is 46.6 Å². The number of nitrogens with one attached hydrogen (secondary N) is 1. The number of alkyl halides is 1. The Morgan fingerprint density at radius 3 is 2.45 bits per heavy atom. The van der Waals surface area contributed by atoms with Crippen LogP contribution in [0.25, 0.3) is 0 Å². The van der Waals surface area contributed by atoms with Gasteiger partial charge in [-0.05, 0) is 91.9 Å². The molecule has 0 radical (unpaired) electrons. The molecule has 0 unspecified atom stereocenters. The van der Waals surface area contributed by atoms with Gasteiger partial charge in [0, 0.05) is 70.5 Å². The summed E-state index contributed by atoms with van der Waals surface area (Å²) in [5.41, 5.74) is 1.88. The average Bonchev–Trinajstić information content (AvgIpc) is 3.51. The first-order chi connectivity index (χ1) is 23.6. The highest BCUT2D eigenvalue weighted by Crippen LogP contribution is 2.53. The largest absolute Gasteiger partial charge is 0.469 e. The van der Waals surface area contributed by atoms with Crippen molar-refractivity contribution in [3.05, 3.63) is 64.7 Å². The fraction of sp³-hybridized carbons (Fsp3) is 0.605. The Hall–Kier alpha value is -3.62. The van der Waals surface area contributed by atoms with E-state index >= 15 is 4.39 Å². The van der Waals surface area contributed by atoms with Crippen molar-refractivity contribution in [3.8, 4) is 6.07 Å². The van der Waals surface area contributed by atoms with Gasteiger partial charge in [0.15, 0.2) is 0 Å². The molecule has 0 aromatic heterocycles. The zero-order chi connectivity index (χ0) is 34.7. The first-order valence-corrected chi connectivity index (χ1v) is 17.7. The zero-order valence-electron chi connectivity index (χ0n) is 28.6. The van der Waals surface area contributed by atoms with Gasteiger partial charge in [0.2, 0.25) is 5.91 Å². The summed E-state index contributed by atoms with van der Waals surface area (Å²) in [6.45, 7) is 7.03. The molecule has 11 heteroatoms. The van der Waals surface area contributed by atoms with Crippen molar-refractivity contribution in [2.24, 2.45) is 23.7 Å². The van der Waals surface area contributed by atoms with Crippen LogP contribution in [-0.2, 0) is 26.3 Å². The Morgan fingerprint density at radius 1 is 1.04 bits per heavy atom. The van der Waals surface area contributed by atoms with Gasteiger partial charge in [0.05, 0.1) is 24.4 Å². The van der Waals surface area contributed by atoms with Crippen molar-refractivity contribution in [2.75, 3.05) is 64.4 Å². The molecule has 6 rings (SSSR count). The summed E-state index contributed by atoms with van der Waals surface area (Å²) < 4.78 is 48.4. The number of methoxy groups -OCH3 is 1. The van der Waals surface area contributed by atoms with E-state index in [1.165, 1.54) is 26.2 Å². The molecule has 3 heterocycles. The van der Waals surface area contributed by atoms with Gasteiger partial charge in [-0.25, -0.2) is 13.2 Å². The van der Waals surface area contributed by atoms with Crippen molar-refractivity contribution in [1.82, 2.24) is 15.1 Å². The van der Waals surface area contributed by atoms with Crippen LogP contribution in [0.15, 0.2) is 36.4 Å². The van der Waals surface area contributed by atoms with Crippen LogP contribution in [0.5, 0.6) is 0 Å². The number of esters is 1. The molecule has 3 aliphatic heterocycles. The fourth-order valence-corrected chi connectivity index (χ4v) is 9.27. The maximum Gasteiger partial charge on any atom is 0.305 e. The standard InChI is InChI=1S/C38H48F3N5O3/c1-25(47)43-24-38(31-6-4-7-32(39)16-31,34-8-3-5-27(34)15-37(48)49-2)30-9-11-44(12-10-30)18-26-19-46(20-26)36-14-29(21-45-22-33(40)23-45)28(17-42)13-35(36)41/h4,6-7,13-14,16,26-27,30,33-34H,3,5,8-12,15,18-24H2,1-2H3,(H,43,47)/t27-,34+,38+/m1/s1. The first kappa shape index (κ1) is 35.2. The molecule has 4 fully saturated rings. The Labute approximate surface area is 287 Å². The van der Waals surface area contributed by atoms with Gasteiger partial charge < -0.3 is 19.9 Å². The van der Waals surface area contributed by atoms with E-state index in [1.54, 1.807) is 18.2 Å². The highest BCUT2D eigenvalue weighted by molar-refractivity contribution is 5.73. The molecule has 0 spiro atoms. The summed E-state index contributed by atoms with van der Waals surface area (Å²) in [6.07, 6.45) is 3.98. The highest BCUT2D eigenvalue weighted by atomic mass is 19.1. The molecule has 2 aromatic carbocycles. The molecule has 4 aliphatic rings. The minimum atomic E-state index is -0.840.